The number of alkyl halides is 1. The Morgan fingerprint density at radius 3 is 2.86 bits per heavy atom. The van der Waals surface area contributed by atoms with E-state index in [1.807, 2.05) is 12.1 Å². The molecule has 1 fully saturated rings. The van der Waals surface area contributed by atoms with Crippen molar-refractivity contribution in [3.8, 4) is 5.75 Å². The molecular weight excluding hydrogens is 281 g/mol. The second kappa shape index (κ2) is 7.07. The highest BCUT2D eigenvalue weighted by Gasteiger charge is 2.21. The summed E-state index contributed by atoms with van der Waals surface area (Å²) in [6.07, 6.45) is 0.671. The zero-order chi connectivity index (χ0) is 15.4. The van der Waals surface area contributed by atoms with Crippen LogP contribution in [0.2, 0.25) is 0 Å². The van der Waals surface area contributed by atoms with E-state index < -0.39 is 0 Å². The molecule has 3 rings (SSSR count). The summed E-state index contributed by atoms with van der Waals surface area (Å²) in [6.45, 7) is 2.99. The van der Waals surface area contributed by atoms with Crippen molar-refractivity contribution >= 4 is 10.8 Å². The Hall–Kier alpha value is -1.65. The van der Waals surface area contributed by atoms with Crippen LogP contribution in [0, 0.1) is 0 Å². The number of halogens is 1. The van der Waals surface area contributed by atoms with E-state index in [9.17, 15) is 4.39 Å². The lowest BCUT2D eigenvalue weighted by atomic mass is 10.0. The van der Waals surface area contributed by atoms with Gasteiger partial charge < -0.3 is 9.47 Å². The molecule has 0 amide bonds. The third kappa shape index (κ3) is 3.39. The number of hydrogen-bond donors (Lipinski definition) is 0. The zero-order valence-corrected chi connectivity index (χ0v) is 12.9. The first-order valence-electron chi connectivity index (χ1n) is 7.78. The van der Waals surface area contributed by atoms with Gasteiger partial charge in [-0.3, -0.25) is 9.29 Å². The molecule has 1 saturated heterocycles. The van der Waals surface area contributed by atoms with Gasteiger partial charge in [-0.1, -0.05) is 18.2 Å². The Labute approximate surface area is 130 Å². The van der Waals surface area contributed by atoms with Crippen LogP contribution in [0.15, 0.2) is 36.4 Å². The number of methoxy groups -OCH3 is 1. The van der Waals surface area contributed by atoms with Crippen molar-refractivity contribution in [1.82, 2.24) is 4.90 Å². The van der Waals surface area contributed by atoms with Crippen molar-refractivity contribution in [2.75, 3.05) is 40.0 Å². The molecule has 1 aliphatic heterocycles. The summed E-state index contributed by atoms with van der Waals surface area (Å²) in [4.78, 5) is 2.28. The van der Waals surface area contributed by atoms with Gasteiger partial charge in [0.05, 0.1) is 26.5 Å². The van der Waals surface area contributed by atoms with E-state index in [-0.39, 0.29) is 12.8 Å². The molecule has 0 aromatic heterocycles. The summed E-state index contributed by atoms with van der Waals surface area (Å²) in [6, 6.07) is 12.5. The van der Waals surface area contributed by atoms with Crippen molar-refractivity contribution < 1.29 is 13.9 Å². The molecule has 4 heteroatoms. The summed E-state index contributed by atoms with van der Waals surface area (Å²) < 4.78 is 23.5. The smallest absolute Gasteiger partial charge is 0.119 e. The van der Waals surface area contributed by atoms with Gasteiger partial charge in [-0.2, -0.15) is 0 Å². The third-order valence-corrected chi connectivity index (χ3v) is 4.20. The van der Waals surface area contributed by atoms with Crippen LogP contribution in [0.4, 0.5) is 4.39 Å². The maximum absolute atomic E-state index is 12.3. The van der Waals surface area contributed by atoms with Gasteiger partial charge in [0.2, 0.25) is 0 Å². The van der Waals surface area contributed by atoms with E-state index in [2.05, 4.69) is 29.2 Å². The Bertz CT molecular complexity index is 632. The standard InChI is InChI=1S/C18H22FNO2/c1-21-17-6-5-14-11-16(4-3-15(14)12-17)18-13-20(8-2-7-19)9-10-22-18/h3-6,11-12,18H,2,7-10,13H2,1H3/t18-/m0/s1. The molecule has 0 aliphatic carbocycles. The molecule has 0 unspecified atom stereocenters. The maximum atomic E-state index is 12.3. The average molecular weight is 303 g/mol. The minimum Gasteiger partial charge on any atom is -0.497 e. The van der Waals surface area contributed by atoms with Crippen LogP contribution in [0.1, 0.15) is 18.1 Å². The summed E-state index contributed by atoms with van der Waals surface area (Å²) in [7, 11) is 1.68. The fourth-order valence-electron chi connectivity index (χ4n) is 2.96. The van der Waals surface area contributed by atoms with E-state index in [0.29, 0.717) is 13.0 Å². The summed E-state index contributed by atoms with van der Waals surface area (Å²) in [5.74, 6) is 0.867. The highest BCUT2D eigenvalue weighted by Crippen LogP contribution is 2.27. The monoisotopic (exact) mass is 303 g/mol. The lowest BCUT2D eigenvalue weighted by molar-refractivity contribution is -0.0305. The Morgan fingerprint density at radius 1 is 1.23 bits per heavy atom. The summed E-state index contributed by atoms with van der Waals surface area (Å²) in [5, 5.41) is 2.34. The molecule has 0 bridgehead atoms. The third-order valence-electron chi connectivity index (χ3n) is 4.20. The van der Waals surface area contributed by atoms with E-state index in [1.165, 1.54) is 10.9 Å². The Balaban J connectivity index is 1.77. The van der Waals surface area contributed by atoms with Gasteiger partial charge in [0, 0.05) is 19.6 Å². The molecule has 118 valence electrons. The number of rotatable bonds is 5. The molecule has 2 aromatic carbocycles. The van der Waals surface area contributed by atoms with Crippen LogP contribution in [0.3, 0.4) is 0 Å². The lowest BCUT2D eigenvalue weighted by Gasteiger charge is -2.33. The van der Waals surface area contributed by atoms with Gasteiger partial charge in [0.25, 0.3) is 0 Å². The van der Waals surface area contributed by atoms with Crippen molar-refractivity contribution in [1.29, 1.82) is 0 Å². The number of morpholine rings is 1. The number of ether oxygens (including phenoxy) is 2. The molecule has 2 aromatic rings. The van der Waals surface area contributed by atoms with Crippen LogP contribution in [0.5, 0.6) is 5.75 Å². The van der Waals surface area contributed by atoms with Crippen molar-refractivity contribution in [3.05, 3.63) is 42.0 Å². The number of fused-ring (bicyclic) bond motifs is 1. The molecule has 1 aliphatic rings. The number of hydrogen-bond acceptors (Lipinski definition) is 3. The van der Waals surface area contributed by atoms with Gasteiger partial charge in [-0.15, -0.1) is 0 Å². The summed E-state index contributed by atoms with van der Waals surface area (Å²) >= 11 is 0. The first-order chi connectivity index (χ1) is 10.8. The molecule has 22 heavy (non-hydrogen) atoms. The number of benzene rings is 2. The number of nitrogens with zero attached hydrogens (tertiary/aromatic N) is 1. The van der Waals surface area contributed by atoms with Crippen LogP contribution in [-0.4, -0.2) is 44.9 Å². The van der Waals surface area contributed by atoms with E-state index in [4.69, 9.17) is 9.47 Å². The molecule has 1 heterocycles. The van der Waals surface area contributed by atoms with Gasteiger partial charge in [0.15, 0.2) is 0 Å². The quantitative estimate of drug-likeness (QED) is 0.842. The fraction of sp³-hybridized carbons (Fsp3) is 0.444. The SMILES string of the molecule is COc1ccc2cc([C@@H]3CN(CCCF)CCO3)ccc2c1. The molecule has 0 N–H and O–H groups in total. The van der Waals surface area contributed by atoms with Crippen LogP contribution >= 0.6 is 0 Å². The van der Waals surface area contributed by atoms with Crippen LogP contribution < -0.4 is 4.74 Å². The zero-order valence-electron chi connectivity index (χ0n) is 12.9. The molecular formula is C18H22FNO2. The lowest BCUT2D eigenvalue weighted by Crippen LogP contribution is -2.38. The predicted molar refractivity (Wildman–Crippen MR) is 86.2 cm³/mol. The van der Waals surface area contributed by atoms with Crippen molar-refractivity contribution in [2.45, 2.75) is 12.5 Å². The van der Waals surface area contributed by atoms with Crippen molar-refractivity contribution in [2.24, 2.45) is 0 Å². The Kier molecular flexibility index (Phi) is 4.90. The second-order valence-electron chi connectivity index (χ2n) is 5.68. The largest absolute Gasteiger partial charge is 0.497 e. The summed E-state index contributed by atoms with van der Waals surface area (Å²) in [5.41, 5.74) is 1.18. The highest BCUT2D eigenvalue weighted by atomic mass is 19.1. The van der Waals surface area contributed by atoms with Gasteiger partial charge in [-0.25, -0.2) is 0 Å². The van der Waals surface area contributed by atoms with Crippen LogP contribution in [0.25, 0.3) is 10.8 Å². The van der Waals surface area contributed by atoms with Gasteiger partial charge >= 0.3 is 0 Å². The normalized spacial score (nSPS) is 19.5. The average Bonchev–Trinajstić information content (AvgIpc) is 2.59. The fourth-order valence-corrected chi connectivity index (χ4v) is 2.96. The topological polar surface area (TPSA) is 21.7 Å². The Morgan fingerprint density at radius 2 is 2.05 bits per heavy atom. The molecule has 0 saturated carbocycles. The minimum atomic E-state index is -0.250. The highest BCUT2D eigenvalue weighted by molar-refractivity contribution is 5.84. The molecule has 0 radical (unpaired) electrons. The predicted octanol–water partition coefficient (Wildman–Crippen LogP) is 3.58. The first-order valence-corrected chi connectivity index (χ1v) is 7.78. The minimum absolute atomic E-state index is 0.0693. The van der Waals surface area contributed by atoms with E-state index in [1.54, 1.807) is 7.11 Å². The van der Waals surface area contributed by atoms with Gasteiger partial charge in [0.1, 0.15) is 5.75 Å². The second-order valence-corrected chi connectivity index (χ2v) is 5.68. The van der Waals surface area contributed by atoms with Crippen molar-refractivity contribution in [3.63, 3.8) is 0 Å². The van der Waals surface area contributed by atoms with E-state index >= 15 is 0 Å². The molecule has 1 atom stereocenters. The van der Waals surface area contributed by atoms with E-state index in [0.717, 1.165) is 30.8 Å². The first kappa shape index (κ1) is 15.3. The maximum Gasteiger partial charge on any atom is 0.119 e. The van der Waals surface area contributed by atoms with Gasteiger partial charge in [-0.05, 0) is 41.0 Å². The molecule has 3 nitrogen and oxygen atoms in total. The van der Waals surface area contributed by atoms with Crippen LogP contribution in [-0.2, 0) is 4.74 Å². The molecule has 0 spiro atoms.